The third-order valence-electron chi connectivity index (χ3n) is 7.10. The van der Waals surface area contributed by atoms with Gasteiger partial charge in [0.25, 0.3) is 0 Å². The second-order valence-electron chi connectivity index (χ2n) is 9.86. The molecule has 2 aromatic carbocycles. The average Bonchev–Trinajstić information content (AvgIpc) is 3.62. The molecule has 10 nitrogen and oxygen atoms in total. The quantitative estimate of drug-likeness (QED) is 0.312. The van der Waals surface area contributed by atoms with Gasteiger partial charge in [0, 0.05) is 19.4 Å². The summed E-state index contributed by atoms with van der Waals surface area (Å²) in [7, 11) is 0. The monoisotopic (exact) mass is 522 g/mol. The van der Waals surface area contributed by atoms with Crippen molar-refractivity contribution < 1.29 is 29.4 Å². The van der Waals surface area contributed by atoms with Gasteiger partial charge in [-0.05, 0) is 55.5 Å². The molecule has 0 aliphatic carbocycles. The number of benzene rings is 2. The molecule has 2 aliphatic heterocycles. The molecule has 2 fully saturated rings. The Morgan fingerprint density at radius 3 is 2.18 bits per heavy atom. The zero-order valence-corrected chi connectivity index (χ0v) is 21.1. The molecule has 0 saturated carbocycles. The Balaban J connectivity index is 1.47. The lowest BCUT2D eigenvalue weighted by Gasteiger charge is -2.30. The molecule has 2 heterocycles. The number of phenolic OH excluding ortho intramolecular Hbond substituents is 1. The molecule has 4 rings (SSSR count). The van der Waals surface area contributed by atoms with Gasteiger partial charge in [-0.1, -0.05) is 42.5 Å². The van der Waals surface area contributed by atoms with E-state index in [0.29, 0.717) is 31.4 Å². The fourth-order valence-electron chi connectivity index (χ4n) is 5.07. The van der Waals surface area contributed by atoms with Crippen LogP contribution in [0.1, 0.15) is 36.8 Å². The second-order valence-corrected chi connectivity index (χ2v) is 9.86. The maximum absolute atomic E-state index is 13.7. The predicted molar refractivity (Wildman–Crippen MR) is 139 cm³/mol. The minimum absolute atomic E-state index is 0.0309. The van der Waals surface area contributed by atoms with Gasteiger partial charge >= 0.3 is 5.97 Å². The summed E-state index contributed by atoms with van der Waals surface area (Å²) in [5.41, 5.74) is 1.52. The highest BCUT2D eigenvalue weighted by Crippen LogP contribution is 2.21. The maximum atomic E-state index is 13.7. The van der Waals surface area contributed by atoms with Crippen LogP contribution in [0, 0.1) is 0 Å². The van der Waals surface area contributed by atoms with Crippen LogP contribution in [0.25, 0.3) is 0 Å². The van der Waals surface area contributed by atoms with Crippen molar-refractivity contribution in [2.45, 2.75) is 62.7 Å². The van der Waals surface area contributed by atoms with E-state index in [2.05, 4.69) is 16.0 Å². The van der Waals surface area contributed by atoms with Crippen molar-refractivity contribution in [3.05, 3.63) is 65.7 Å². The summed E-state index contributed by atoms with van der Waals surface area (Å²) in [5, 5.41) is 27.8. The first-order valence-electron chi connectivity index (χ1n) is 13.0. The van der Waals surface area contributed by atoms with Crippen LogP contribution in [0.5, 0.6) is 5.75 Å². The smallest absolute Gasteiger partial charge is 0.326 e. The van der Waals surface area contributed by atoms with Crippen LogP contribution in [-0.2, 0) is 32.0 Å². The lowest BCUT2D eigenvalue weighted by atomic mass is 10.0. The van der Waals surface area contributed by atoms with Crippen LogP contribution in [0.15, 0.2) is 54.6 Å². The molecule has 3 amide bonds. The number of carbonyl (C=O) groups is 4. The number of carboxylic acids is 1. The fourth-order valence-corrected chi connectivity index (χ4v) is 5.07. The number of hydrogen-bond donors (Lipinski definition) is 5. The number of amides is 3. The molecule has 4 atom stereocenters. The number of carboxylic acid groups (broad SMARTS) is 1. The molecule has 2 aliphatic rings. The first-order chi connectivity index (χ1) is 18.3. The highest BCUT2D eigenvalue weighted by atomic mass is 16.4. The maximum Gasteiger partial charge on any atom is 0.326 e. The van der Waals surface area contributed by atoms with Crippen LogP contribution < -0.4 is 16.0 Å². The van der Waals surface area contributed by atoms with Crippen LogP contribution in [0.3, 0.4) is 0 Å². The molecule has 2 aromatic rings. The molecular formula is C28H34N4O6. The molecule has 202 valence electrons. The topological polar surface area (TPSA) is 148 Å². The van der Waals surface area contributed by atoms with E-state index in [-0.39, 0.29) is 36.4 Å². The Morgan fingerprint density at radius 2 is 1.53 bits per heavy atom. The number of carbonyl (C=O) groups excluding carboxylic acids is 3. The van der Waals surface area contributed by atoms with Crippen molar-refractivity contribution in [1.29, 1.82) is 0 Å². The summed E-state index contributed by atoms with van der Waals surface area (Å²) in [6.45, 7) is 1.09. The molecule has 2 saturated heterocycles. The SMILES string of the molecule is O=C(N[C@H](Cc1ccc(O)cc1)C(=O)O)[C@H]1CCCN1C(=O)[C@@H](Cc1ccccc1)NC(=O)[C@H]1CCCN1. The van der Waals surface area contributed by atoms with Crippen LogP contribution in [0.2, 0.25) is 0 Å². The lowest BCUT2D eigenvalue weighted by Crippen LogP contribution is -2.57. The Bertz CT molecular complexity index is 1130. The zero-order chi connectivity index (χ0) is 27.1. The van der Waals surface area contributed by atoms with Crippen molar-refractivity contribution in [2.75, 3.05) is 13.1 Å². The van der Waals surface area contributed by atoms with Crippen LogP contribution in [0.4, 0.5) is 0 Å². The number of likely N-dealkylation sites (tertiary alicyclic amines) is 1. The molecule has 0 spiro atoms. The van der Waals surface area contributed by atoms with E-state index < -0.39 is 30.0 Å². The van der Waals surface area contributed by atoms with Crippen molar-refractivity contribution in [1.82, 2.24) is 20.9 Å². The largest absolute Gasteiger partial charge is 0.508 e. The molecule has 5 N–H and O–H groups in total. The van der Waals surface area contributed by atoms with Gasteiger partial charge in [0.2, 0.25) is 17.7 Å². The zero-order valence-electron chi connectivity index (χ0n) is 21.1. The summed E-state index contributed by atoms with van der Waals surface area (Å²) < 4.78 is 0. The number of nitrogens with zero attached hydrogens (tertiary/aromatic N) is 1. The molecule has 0 bridgehead atoms. The summed E-state index contributed by atoms with van der Waals surface area (Å²) in [6.07, 6.45) is 2.89. The Morgan fingerprint density at radius 1 is 0.868 bits per heavy atom. The summed E-state index contributed by atoms with van der Waals surface area (Å²) in [4.78, 5) is 53.2. The van der Waals surface area contributed by atoms with Crippen molar-refractivity contribution in [3.63, 3.8) is 0 Å². The number of rotatable bonds is 10. The molecular weight excluding hydrogens is 488 g/mol. The standard InChI is InChI=1S/C28H34N4O6/c33-20-12-10-19(11-13-20)17-23(28(37)38)31-26(35)24-9-5-15-32(24)27(36)22(16-18-6-2-1-3-7-18)30-25(34)21-8-4-14-29-21/h1-3,6-7,10-13,21-24,29,33H,4-5,8-9,14-17H2,(H,30,34)(H,31,35)(H,37,38)/t21-,22-,23-,24-/m1/s1. The summed E-state index contributed by atoms with van der Waals surface area (Å²) in [6, 6.07) is 12.2. The third kappa shape index (κ3) is 6.89. The van der Waals surface area contributed by atoms with Crippen molar-refractivity contribution in [2.24, 2.45) is 0 Å². The first-order valence-corrected chi connectivity index (χ1v) is 13.0. The van der Waals surface area contributed by atoms with E-state index in [1.54, 1.807) is 12.1 Å². The highest BCUT2D eigenvalue weighted by molar-refractivity contribution is 5.94. The van der Waals surface area contributed by atoms with Gasteiger partial charge in [0.1, 0.15) is 23.9 Å². The van der Waals surface area contributed by atoms with E-state index in [0.717, 1.165) is 18.5 Å². The van der Waals surface area contributed by atoms with Crippen molar-refractivity contribution in [3.8, 4) is 5.75 Å². The van der Waals surface area contributed by atoms with E-state index in [9.17, 15) is 29.4 Å². The molecule has 0 aromatic heterocycles. The minimum atomic E-state index is -1.20. The molecule has 0 unspecified atom stereocenters. The second kappa shape index (κ2) is 12.6. The Labute approximate surface area is 221 Å². The van der Waals surface area contributed by atoms with Crippen LogP contribution in [-0.4, -0.2) is 76.1 Å². The van der Waals surface area contributed by atoms with E-state index in [1.807, 2.05) is 30.3 Å². The Hall–Kier alpha value is -3.92. The predicted octanol–water partition coefficient (Wildman–Crippen LogP) is 0.975. The third-order valence-corrected chi connectivity index (χ3v) is 7.10. The van der Waals surface area contributed by atoms with Gasteiger partial charge in [-0.15, -0.1) is 0 Å². The molecule has 38 heavy (non-hydrogen) atoms. The number of nitrogens with one attached hydrogen (secondary N) is 3. The minimum Gasteiger partial charge on any atom is -0.508 e. The highest BCUT2D eigenvalue weighted by Gasteiger charge is 2.39. The average molecular weight is 523 g/mol. The fraction of sp³-hybridized carbons (Fsp3) is 0.429. The van der Waals surface area contributed by atoms with E-state index in [1.165, 1.54) is 17.0 Å². The van der Waals surface area contributed by atoms with E-state index in [4.69, 9.17) is 0 Å². The summed E-state index contributed by atoms with van der Waals surface area (Å²) >= 11 is 0. The first kappa shape index (κ1) is 27.1. The molecule has 0 radical (unpaired) electrons. The van der Waals surface area contributed by atoms with Crippen molar-refractivity contribution >= 4 is 23.7 Å². The normalized spacial score (nSPS) is 20.5. The Kier molecular flexibility index (Phi) is 8.96. The van der Waals surface area contributed by atoms with Gasteiger partial charge in [-0.25, -0.2) is 4.79 Å². The van der Waals surface area contributed by atoms with Gasteiger partial charge in [-0.2, -0.15) is 0 Å². The van der Waals surface area contributed by atoms with Gasteiger partial charge < -0.3 is 31.1 Å². The number of phenols is 1. The van der Waals surface area contributed by atoms with E-state index >= 15 is 0 Å². The lowest BCUT2D eigenvalue weighted by molar-refractivity contribution is -0.144. The number of aliphatic carboxylic acids is 1. The number of aromatic hydroxyl groups is 1. The van der Waals surface area contributed by atoms with Gasteiger partial charge in [0.15, 0.2) is 0 Å². The number of hydrogen-bond acceptors (Lipinski definition) is 6. The van der Waals surface area contributed by atoms with Gasteiger partial charge in [0.05, 0.1) is 6.04 Å². The van der Waals surface area contributed by atoms with Gasteiger partial charge in [-0.3, -0.25) is 14.4 Å². The molecule has 10 heteroatoms. The van der Waals surface area contributed by atoms with Crippen LogP contribution >= 0.6 is 0 Å². The summed E-state index contributed by atoms with van der Waals surface area (Å²) in [5.74, 6) is -2.27.